The zero-order valence-corrected chi connectivity index (χ0v) is 18.3. The Balaban J connectivity index is 1.74. The molecule has 1 heterocycles. The van der Waals surface area contributed by atoms with Gasteiger partial charge in [0.15, 0.2) is 0 Å². The molecule has 2 aromatic rings. The lowest BCUT2D eigenvalue weighted by Gasteiger charge is -2.31. The lowest BCUT2D eigenvalue weighted by Crippen LogP contribution is -2.33. The molecular formula is C24H32N4O2. The van der Waals surface area contributed by atoms with Crippen LogP contribution < -0.4 is 5.48 Å². The Bertz CT molecular complexity index is 1000. The van der Waals surface area contributed by atoms with E-state index in [0.29, 0.717) is 17.8 Å². The molecule has 2 N–H and O–H groups in total. The van der Waals surface area contributed by atoms with E-state index in [2.05, 4.69) is 55.6 Å². The van der Waals surface area contributed by atoms with Crippen molar-refractivity contribution in [3.05, 3.63) is 47.8 Å². The maximum atomic E-state index is 11.3. The number of imidazole rings is 1. The molecule has 160 valence electrons. The molecule has 3 atom stereocenters. The molecule has 6 nitrogen and oxygen atoms in total. The Labute approximate surface area is 178 Å². The van der Waals surface area contributed by atoms with Crippen LogP contribution in [0.3, 0.4) is 0 Å². The molecule has 0 radical (unpaired) electrons. The van der Waals surface area contributed by atoms with Crippen LogP contribution in [0.25, 0.3) is 17.1 Å². The minimum Gasteiger partial charge on any atom is -0.327 e. The first kappa shape index (κ1) is 20.8. The predicted octanol–water partition coefficient (Wildman–Crippen LogP) is 3.82. The standard InChI is InChI=1S/C24H32N4O2/c1-24(2,14-27(3)4)15-28-21-9-6-16(7-10-22(29)26-30)13-20(21)25-23(28)19-12-17-5-8-18(19)11-17/h5-10,13,17-19,30H,11-12,14-15H2,1-4H3,(H,26,29)/b10-7+. The van der Waals surface area contributed by atoms with Crippen LogP contribution in [0.4, 0.5) is 0 Å². The third kappa shape index (κ3) is 4.20. The highest BCUT2D eigenvalue weighted by atomic mass is 16.5. The minimum absolute atomic E-state index is 0.108. The average Bonchev–Trinajstić information content (AvgIpc) is 3.39. The zero-order chi connectivity index (χ0) is 21.5. The van der Waals surface area contributed by atoms with Crippen LogP contribution in [-0.2, 0) is 11.3 Å². The third-order valence-corrected chi connectivity index (χ3v) is 6.28. The molecule has 2 aliphatic rings. The summed E-state index contributed by atoms with van der Waals surface area (Å²) in [7, 11) is 4.24. The van der Waals surface area contributed by atoms with E-state index in [1.54, 1.807) is 11.6 Å². The van der Waals surface area contributed by atoms with Gasteiger partial charge in [0, 0.05) is 25.1 Å². The van der Waals surface area contributed by atoms with Crippen LogP contribution in [0.1, 0.15) is 44.0 Å². The molecule has 1 saturated carbocycles. The van der Waals surface area contributed by atoms with Crippen molar-refractivity contribution in [1.82, 2.24) is 19.9 Å². The van der Waals surface area contributed by atoms with Crippen LogP contribution in [0.2, 0.25) is 0 Å². The molecule has 0 aliphatic heterocycles. The normalized spacial score (nSPS) is 23.3. The molecule has 30 heavy (non-hydrogen) atoms. The number of amides is 1. The van der Waals surface area contributed by atoms with Gasteiger partial charge in [-0.1, -0.05) is 32.1 Å². The van der Waals surface area contributed by atoms with Gasteiger partial charge in [-0.3, -0.25) is 10.0 Å². The van der Waals surface area contributed by atoms with Gasteiger partial charge in [0.1, 0.15) is 5.82 Å². The lowest BCUT2D eigenvalue weighted by atomic mass is 9.90. The largest absolute Gasteiger partial charge is 0.327 e. The van der Waals surface area contributed by atoms with Crippen molar-refractivity contribution in [2.45, 2.75) is 39.2 Å². The van der Waals surface area contributed by atoms with Crippen LogP contribution in [0.15, 0.2) is 36.4 Å². The number of benzene rings is 1. The van der Waals surface area contributed by atoms with E-state index in [1.807, 2.05) is 12.1 Å². The summed E-state index contributed by atoms with van der Waals surface area (Å²) in [6.45, 7) is 6.54. The molecule has 1 aromatic carbocycles. The molecule has 6 heteroatoms. The topological polar surface area (TPSA) is 70.4 Å². The third-order valence-electron chi connectivity index (χ3n) is 6.28. The van der Waals surface area contributed by atoms with Gasteiger partial charge >= 0.3 is 0 Å². The van der Waals surface area contributed by atoms with Gasteiger partial charge in [0.05, 0.1) is 11.0 Å². The molecule has 1 fully saturated rings. The molecule has 2 bridgehead atoms. The van der Waals surface area contributed by atoms with E-state index in [-0.39, 0.29) is 5.41 Å². The van der Waals surface area contributed by atoms with E-state index < -0.39 is 5.91 Å². The second-order valence-corrected chi connectivity index (χ2v) is 9.90. The number of hydroxylamine groups is 1. The molecule has 0 spiro atoms. The number of hydrogen-bond acceptors (Lipinski definition) is 4. The number of carbonyl (C=O) groups excluding carboxylic acids is 1. The number of aromatic nitrogens is 2. The van der Waals surface area contributed by atoms with Crippen molar-refractivity contribution in [3.8, 4) is 0 Å². The van der Waals surface area contributed by atoms with Gasteiger partial charge in [0.2, 0.25) is 0 Å². The summed E-state index contributed by atoms with van der Waals surface area (Å²) in [6.07, 6.45) is 10.2. The summed E-state index contributed by atoms with van der Waals surface area (Å²) in [5, 5.41) is 8.69. The minimum atomic E-state index is -0.541. The Hall–Kier alpha value is -2.44. The highest BCUT2D eigenvalue weighted by Crippen LogP contribution is 2.49. The molecule has 0 saturated heterocycles. The highest BCUT2D eigenvalue weighted by molar-refractivity contribution is 5.91. The van der Waals surface area contributed by atoms with Crippen LogP contribution in [0.5, 0.6) is 0 Å². The monoisotopic (exact) mass is 408 g/mol. The quantitative estimate of drug-likeness (QED) is 0.316. The van der Waals surface area contributed by atoms with Crippen molar-refractivity contribution < 1.29 is 10.0 Å². The van der Waals surface area contributed by atoms with E-state index in [0.717, 1.165) is 29.7 Å². The maximum Gasteiger partial charge on any atom is 0.267 e. The summed E-state index contributed by atoms with van der Waals surface area (Å²) in [5.74, 6) is 2.42. The second kappa shape index (κ2) is 8.00. The summed E-state index contributed by atoms with van der Waals surface area (Å²) in [4.78, 5) is 18.7. The van der Waals surface area contributed by atoms with Gasteiger partial charge < -0.3 is 9.47 Å². The van der Waals surface area contributed by atoms with Crippen LogP contribution in [0, 0.1) is 17.3 Å². The summed E-state index contributed by atoms with van der Waals surface area (Å²) in [5.41, 5.74) is 4.73. The SMILES string of the molecule is CN(C)CC(C)(C)Cn1c(C2CC3C=CC2C3)nc2cc(/C=C/C(=O)NO)ccc21. The van der Waals surface area contributed by atoms with E-state index in [9.17, 15) is 4.79 Å². The fourth-order valence-corrected chi connectivity index (χ4v) is 5.34. The Morgan fingerprint density at radius 1 is 1.33 bits per heavy atom. The van der Waals surface area contributed by atoms with Crippen molar-refractivity contribution in [2.75, 3.05) is 20.6 Å². The molecule has 4 rings (SSSR count). The number of rotatable bonds is 7. The number of nitrogens with zero attached hydrogens (tertiary/aromatic N) is 3. The average molecular weight is 409 g/mol. The van der Waals surface area contributed by atoms with Gasteiger partial charge in [-0.2, -0.15) is 0 Å². The molecule has 1 amide bonds. The van der Waals surface area contributed by atoms with Crippen LogP contribution in [-0.4, -0.2) is 46.2 Å². The van der Waals surface area contributed by atoms with E-state index in [1.165, 1.54) is 24.7 Å². The van der Waals surface area contributed by atoms with Crippen molar-refractivity contribution in [2.24, 2.45) is 17.3 Å². The van der Waals surface area contributed by atoms with Gasteiger partial charge in [-0.15, -0.1) is 0 Å². The Morgan fingerprint density at radius 2 is 2.13 bits per heavy atom. The summed E-state index contributed by atoms with van der Waals surface area (Å²) < 4.78 is 2.44. The van der Waals surface area contributed by atoms with Crippen molar-refractivity contribution in [1.29, 1.82) is 0 Å². The zero-order valence-electron chi connectivity index (χ0n) is 18.3. The summed E-state index contributed by atoms with van der Waals surface area (Å²) >= 11 is 0. The number of carbonyl (C=O) groups is 1. The molecule has 3 unspecified atom stereocenters. The predicted molar refractivity (Wildman–Crippen MR) is 119 cm³/mol. The first-order valence-corrected chi connectivity index (χ1v) is 10.7. The second-order valence-electron chi connectivity index (χ2n) is 9.90. The fraction of sp³-hybridized carbons (Fsp3) is 0.500. The van der Waals surface area contributed by atoms with Gasteiger partial charge in [-0.25, -0.2) is 10.5 Å². The molecule has 2 aliphatic carbocycles. The number of hydrogen-bond donors (Lipinski definition) is 2. The highest BCUT2D eigenvalue weighted by Gasteiger charge is 2.39. The fourth-order valence-electron chi connectivity index (χ4n) is 5.34. The van der Waals surface area contributed by atoms with E-state index >= 15 is 0 Å². The van der Waals surface area contributed by atoms with Crippen LogP contribution >= 0.6 is 0 Å². The lowest BCUT2D eigenvalue weighted by molar-refractivity contribution is -0.124. The van der Waals surface area contributed by atoms with E-state index in [4.69, 9.17) is 10.2 Å². The number of nitrogens with one attached hydrogen (secondary N) is 1. The number of allylic oxidation sites excluding steroid dienone is 2. The smallest absolute Gasteiger partial charge is 0.267 e. The molecular weight excluding hydrogens is 376 g/mol. The van der Waals surface area contributed by atoms with Gasteiger partial charge in [-0.05, 0) is 68.0 Å². The maximum absolute atomic E-state index is 11.3. The Kier molecular flexibility index (Phi) is 5.55. The molecule has 1 aromatic heterocycles. The Morgan fingerprint density at radius 3 is 2.77 bits per heavy atom. The van der Waals surface area contributed by atoms with Crippen molar-refractivity contribution in [3.63, 3.8) is 0 Å². The van der Waals surface area contributed by atoms with Crippen molar-refractivity contribution >= 4 is 23.0 Å². The summed E-state index contributed by atoms with van der Waals surface area (Å²) in [6, 6.07) is 6.14. The first-order chi connectivity index (χ1) is 14.3. The number of fused-ring (bicyclic) bond motifs is 3. The first-order valence-electron chi connectivity index (χ1n) is 10.7. The van der Waals surface area contributed by atoms with Gasteiger partial charge in [0.25, 0.3) is 5.91 Å².